The number of hydrogen-bond acceptors (Lipinski definition) is 7. The Hall–Kier alpha value is -0.843. The molecular weight excluding hydrogens is 374 g/mol. The number of tetrazole rings is 1. The second-order valence-electron chi connectivity index (χ2n) is 7.69. The normalized spacial score (nSPS) is 21.8. The average molecular weight is 402 g/mol. The van der Waals surface area contributed by atoms with Crippen LogP contribution < -0.4 is 5.32 Å². The number of nitrogens with one attached hydrogen (secondary N) is 1. The van der Waals surface area contributed by atoms with Crippen LogP contribution in [-0.2, 0) is 22.7 Å². The van der Waals surface area contributed by atoms with E-state index in [1.54, 1.807) is 11.7 Å². The van der Waals surface area contributed by atoms with E-state index in [0.29, 0.717) is 13.0 Å². The molecule has 0 bridgehead atoms. The van der Waals surface area contributed by atoms with Crippen molar-refractivity contribution in [3.63, 3.8) is 0 Å². The van der Waals surface area contributed by atoms with Gasteiger partial charge in [-0.05, 0) is 28.9 Å². The van der Waals surface area contributed by atoms with Gasteiger partial charge in [0.15, 0.2) is 14.9 Å². The van der Waals surface area contributed by atoms with Crippen LogP contribution in [0, 0.1) is 17.3 Å². The zero-order valence-corrected chi connectivity index (χ0v) is 18.4. The molecule has 3 atom stereocenters. The molecule has 1 N–H and O–H groups in total. The molecule has 0 aliphatic carbocycles. The van der Waals surface area contributed by atoms with Gasteiger partial charge in [0.05, 0.1) is 21.9 Å². The molecule has 2 rings (SSSR count). The molecule has 0 spiro atoms. The van der Waals surface area contributed by atoms with E-state index in [4.69, 9.17) is 16.6 Å². The van der Waals surface area contributed by atoms with Crippen molar-refractivity contribution < 1.29 is 9.22 Å². The first-order valence-electron chi connectivity index (χ1n) is 8.42. The van der Waals surface area contributed by atoms with Gasteiger partial charge in [0.25, 0.3) is 0 Å². The van der Waals surface area contributed by atoms with Crippen LogP contribution in [0.5, 0.6) is 0 Å². The van der Waals surface area contributed by atoms with Gasteiger partial charge < -0.3 is 9.74 Å². The summed E-state index contributed by atoms with van der Waals surface area (Å²) in [5.41, 5.74) is -0.0142. The van der Waals surface area contributed by atoms with E-state index in [9.17, 15) is 4.79 Å². The molecule has 1 fully saturated rings. The fraction of sp³-hybridized carbons (Fsp3) is 0.800. The number of carbonyl (C=O) groups excluding carboxylic acids is 1. The minimum atomic E-state index is -1.13. The van der Waals surface area contributed by atoms with Crippen LogP contribution in [0.1, 0.15) is 26.6 Å². The molecule has 1 aliphatic heterocycles. The fourth-order valence-corrected chi connectivity index (χ4v) is 4.93. The van der Waals surface area contributed by atoms with Gasteiger partial charge in [-0.25, -0.2) is 4.68 Å². The standard InChI is InChI=1S/C15H27N5O2S2Si/c1-15(2,3)9(8-22-25(5)6)12-13(21)16-14(12)24-11(23)7-10-17-18-19-20(10)4/h9,12,14,25H,7-8H2,1-6H3,(H,16,21)/t9-,12+,14+/m0/s1. The number of aryl methyl sites for hydroxylation is 1. The Morgan fingerprint density at radius 2 is 2.16 bits per heavy atom. The van der Waals surface area contributed by atoms with Crippen LogP contribution in [0.15, 0.2) is 0 Å². The summed E-state index contributed by atoms with van der Waals surface area (Å²) >= 11 is 7.02. The Morgan fingerprint density at radius 3 is 2.64 bits per heavy atom. The maximum Gasteiger partial charge on any atom is 0.227 e. The lowest BCUT2D eigenvalue weighted by Gasteiger charge is -2.46. The number of thiocarbonyl (C=S) groups is 1. The molecule has 1 aromatic rings. The quantitative estimate of drug-likeness (QED) is 0.422. The SMILES string of the molecule is Cn1nnnc1CC(=S)S[C@H]1NC(=O)[C@H]1[C@H](CO[SiH](C)C)C(C)(C)C. The van der Waals surface area contributed by atoms with E-state index in [1.807, 2.05) is 0 Å². The van der Waals surface area contributed by atoms with Crippen LogP contribution >= 0.6 is 24.0 Å². The number of nitrogens with zero attached hydrogens (tertiary/aromatic N) is 4. The lowest BCUT2D eigenvalue weighted by atomic mass is 9.71. The Labute approximate surface area is 160 Å². The summed E-state index contributed by atoms with van der Waals surface area (Å²) in [5.74, 6) is 0.886. The lowest BCUT2D eigenvalue weighted by molar-refractivity contribution is -0.138. The number of aromatic nitrogens is 4. The zero-order valence-electron chi connectivity index (χ0n) is 15.6. The summed E-state index contributed by atoms with van der Waals surface area (Å²) in [6, 6.07) is 0. The molecule has 25 heavy (non-hydrogen) atoms. The van der Waals surface area contributed by atoms with Crippen LogP contribution in [0.4, 0.5) is 0 Å². The first-order chi connectivity index (χ1) is 11.6. The van der Waals surface area contributed by atoms with Gasteiger partial charge in [-0.2, -0.15) is 0 Å². The van der Waals surface area contributed by atoms with Crippen molar-refractivity contribution in [3.8, 4) is 0 Å². The number of hydrogen-bond donors (Lipinski definition) is 1. The third-order valence-corrected chi connectivity index (χ3v) is 6.70. The highest BCUT2D eigenvalue weighted by Gasteiger charge is 2.49. The first-order valence-corrected chi connectivity index (χ1v) is 12.5. The van der Waals surface area contributed by atoms with Gasteiger partial charge in [0, 0.05) is 19.6 Å². The molecule has 2 heterocycles. The second-order valence-corrected chi connectivity index (χ2v) is 12.1. The zero-order chi connectivity index (χ0) is 18.8. The molecule has 1 aromatic heterocycles. The third-order valence-electron chi connectivity index (χ3n) is 4.34. The average Bonchev–Trinajstić information content (AvgIpc) is 2.86. The Kier molecular flexibility index (Phi) is 6.74. The minimum Gasteiger partial charge on any atom is -0.420 e. The highest BCUT2D eigenvalue weighted by Crippen LogP contribution is 2.41. The molecule has 1 amide bonds. The van der Waals surface area contributed by atoms with Gasteiger partial charge in [0.1, 0.15) is 0 Å². The highest BCUT2D eigenvalue weighted by atomic mass is 32.2. The molecule has 0 saturated carbocycles. The fourth-order valence-electron chi connectivity index (χ4n) is 2.76. The Balaban J connectivity index is 2.02. The number of rotatable bonds is 7. The smallest absolute Gasteiger partial charge is 0.227 e. The highest BCUT2D eigenvalue weighted by molar-refractivity contribution is 8.23. The van der Waals surface area contributed by atoms with Crippen LogP contribution in [0.2, 0.25) is 13.1 Å². The van der Waals surface area contributed by atoms with Crippen molar-refractivity contribution in [2.75, 3.05) is 6.61 Å². The van der Waals surface area contributed by atoms with Gasteiger partial charge in [-0.15, -0.1) is 5.10 Å². The van der Waals surface area contributed by atoms with Gasteiger partial charge in [-0.1, -0.05) is 44.8 Å². The molecule has 0 aromatic carbocycles. The van der Waals surface area contributed by atoms with E-state index >= 15 is 0 Å². The van der Waals surface area contributed by atoms with Crippen molar-refractivity contribution in [1.82, 2.24) is 25.5 Å². The largest absolute Gasteiger partial charge is 0.420 e. The molecule has 1 aliphatic rings. The monoisotopic (exact) mass is 401 g/mol. The van der Waals surface area contributed by atoms with Crippen molar-refractivity contribution >= 4 is 43.1 Å². The maximum absolute atomic E-state index is 12.3. The molecule has 10 heteroatoms. The summed E-state index contributed by atoms with van der Waals surface area (Å²) < 4.78 is 8.37. The van der Waals surface area contributed by atoms with Gasteiger partial charge in [0.2, 0.25) is 5.91 Å². The van der Waals surface area contributed by atoms with E-state index in [-0.39, 0.29) is 28.5 Å². The Bertz CT molecular complexity index is 632. The molecule has 7 nitrogen and oxygen atoms in total. The Morgan fingerprint density at radius 1 is 1.48 bits per heavy atom. The lowest BCUT2D eigenvalue weighted by Crippen LogP contribution is -2.62. The van der Waals surface area contributed by atoms with Gasteiger partial charge in [-0.3, -0.25) is 4.79 Å². The number of amides is 1. The molecular formula is C15H27N5O2S2Si. The number of carbonyl (C=O) groups is 1. The molecule has 1 saturated heterocycles. The van der Waals surface area contributed by atoms with Crippen LogP contribution in [0.25, 0.3) is 0 Å². The maximum atomic E-state index is 12.3. The summed E-state index contributed by atoms with van der Waals surface area (Å²) in [6.07, 6.45) is 0.512. The molecule has 0 unspecified atom stereocenters. The summed E-state index contributed by atoms with van der Waals surface area (Å²) in [6.45, 7) is 11.4. The summed E-state index contributed by atoms with van der Waals surface area (Å²) in [4.78, 5) is 12.3. The van der Waals surface area contributed by atoms with Crippen molar-refractivity contribution in [2.24, 2.45) is 24.3 Å². The summed E-state index contributed by atoms with van der Waals surface area (Å²) in [7, 11) is 0.660. The molecule has 140 valence electrons. The number of thioether (sulfide) groups is 1. The van der Waals surface area contributed by atoms with E-state index in [0.717, 1.165) is 10.0 Å². The van der Waals surface area contributed by atoms with Crippen LogP contribution in [-0.4, -0.2) is 51.3 Å². The van der Waals surface area contributed by atoms with Crippen molar-refractivity contribution in [2.45, 2.75) is 45.7 Å². The van der Waals surface area contributed by atoms with Gasteiger partial charge >= 0.3 is 0 Å². The van der Waals surface area contributed by atoms with Crippen LogP contribution in [0.3, 0.4) is 0 Å². The van der Waals surface area contributed by atoms with E-state index in [1.165, 1.54) is 11.8 Å². The first kappa shape index (κ1) is 20.5. The predicted octanol–water partition coefficient (Wildman–Crippen LogP) is 1.55. The van der Waals surface area contributed by atoms with Crippen molar-refractivity contribution in [3.05, 3.63) is 5.82 Å². The molecule has 0 radical (unpaired) electrons. The topological polar surface area (TPSA) is 81.9 Å². The third kappa shape index (κ3) is 5.32. The van der Waals surface area contributed by atoms with Crippen molar-refractivity contribution in [1.29, 1.82) is 0 Å². The van der Waals surface area contributed by atoms with E-state index in [2.05, 4.69) is 54.7 Å². The number of β-lactam (4-membered cyclic amide) rings is 1. The van der Waals surface area contributed by atoms with E-state index < -0.39 is 9.04 Å². The second kappa shape index (κ2) is 8.23. The summed E-state index contributed by atoms with van der Waals surface area (Å²) in [5, 5.41) is 14.4. The minimum absolute atomic E-state index is 0.0113. The predicted molar refractivity (Wildman–Crippen MR) is 106 cm³/mol.